The summed E-state index contributed by atoms with van der Waals surface area (Å²) in [6.45, 7) is 2.23. The molecular formula is C15H19N3O2. The molecule has 1 saturated heterocycles. The third-order valence-electron chi connectivity index (χ3n) is 3.80. The Balaban J connectivity index is 1.61. The van der Waals surface area contributed by atoms with E-state index in [0.29, 0.717) is 11.7 Å². The molecule has 0 aliphatic carbocycles. The van der Waals surface area contributed by atoms with Crippen LogP contribution in [0, 0.1) is 5.92 Å². The molecule has 1 fully saturated rings. The molecule has 0 unspecified atom stereocenters. The summed E-state index contributed by atoms with van der Waals surface area (Å²) in [6.07, 6.45) is 4.39. The van der Waals surface area contributed by atoms with Gasteiger partial charge in [-0.15, -0.1) is 0 Å². The number of aryl methyl sites for hydroxylation is 1. The monoisotopic (exact) mass is 273 g/mol. The van der Waals surface area contributed by atoms with E-state index in [2.05, 4.69) is 15.5 Å². The number of rotatable bonds is 4. The first-order chi connectivity index (χ1) is 9.81. The van der Waals surface area contributed by atoms with Gasteiger partial charge in [-0.1, -0.05) is 17.3 Å². The van der Waals surface area contributed by atoms with Crippen LogP contribution in [0.1, 0.15) is 25.2 Å². The molecule has 5 nitrogen and oxygen atoms in total. The zero-order valence-electron chi connectivity index (χ0n) is 11.4. The SMILES string of the molecule is Oc1cccc(-c2noc(CCC3CCNCC3)n2)c1. The minimum Gasteiger partial charge on any atom is -0.508 e. The fourth-order valence-corrected chi connectivity index (χ4v) is 2.62. The molecule has 1 aliphatic rings. The van der Waals surface area contributed by atoms with E-state index in [1.165, 1.54) is 12.8 Å². The minimum atomic E-state index is 0.212. The van der Waals surface area contributed by atoms with E-state index in [1.54, 1.807) is 18.2 Å². The predicted molar refractivity (Wildman–Crippen MR) is 75.3 cm³/mol. The van der Waals surface area contributed by atoms with Crippen LogP contribution in [0.25, 0.3) is 11.4 Å². The Morgan fingerprint density at radius 1 is 1.30 bits per heavy atom. The molecule has 106 valence electrons. The summed E-state index contributed by atoms with van der Waals surface area (Å²) in [5.74, 6) is 2.19. The second kappa shape index (κ2) is 6.05. The van der Waals surface area contributed by atoms with Gasteiger partial charge in [-0.25, -0.2) is 0 Å². The molecule has 1 aliphatic heterocycles. The maximum atomic E-state index is 9.46. The number of hydrogen-bond donors (Lipinski definition) is 2. The van der Waals surface area contributed by atoms with E-state index in [0.717, 1.165) is 37.4 Å². The first kappa shape index (κ1) is 13.1. The molecule has 0 atom stereocenters. The normalized spacial score (nSPS) is 16.4. The Hall–Kier alpha value is -1.88. The number of piperidine rings is 1. The highest BCUT2D eigenvalue weighted by atomic mass is 16.5. The second-order valence-corrected chi connectivity index (χ2v) is 5.29. The van der Waals surface area contributed by atoms with Crippen LogP contribution in [0.5, 0.6) is 5.75 Å². The van der Waals surface area contributed by atoms with Crippen LogP contribution in [-0.2, 0) is 6.42 Å². The Labute approximate surface area is 118 Å². The molecule has 2 aromatic rings. The first-order valence-electron chi connectivity index (χ1n) is 7.14. The van der Waals surface area contributed by atoms with E-state index >= 15 is 0 Å². The third kappa shape index (κ3) is 3.17. The molecule has 5 heteroatoms. The van der Waals surface area contributed by atoms with Gasteiger partial charge >= 0.3 is 0 Å². The highest BCUT2D eigenvalue weighted by molar-refractivity contribution is 5.56. The summed E-state index contributed by atoms with van der Waals surface area (Å²) in [4.78, 5) is 4.40. The highest BCUT2D eigenvalue weighted by Crippen LogP contribution is 2.22. The number of hydrogen-bond acceptors (Lipinski definition) is 5. The van der Waals surface area contributed by atoms with Crippen LogP contribution >= 0.6 is 0 Å². The van der Waals surface area contributed by atoms with Gasteiger partial charge in [-0.3, -0.25) is 0 Å². The molecule has 0 amide bonds. The van der Waals surface area contributed by atoms with E-state index in [-0.39, 0.29) is 5.75 Å². The summed E-state index contributed by atoms with van der Waals surface area (Å²) in [7, 11) is 0. The molecule has 0 saturated carbocycles. The lowest BCUT2D eigenvalue weighted by atomic mass is 9.93. The number of phenols is 1. The topological polar surface area (TPSA) is 71.2 Å². The van der Waals surface area contributed by atoms with Crippen molar-refractivity contribution in [3.63, 3.8) is 0 Å². The lowest BCUT2D eigenvalue weighted by Gasteiger charge is -2.21. The fraction of sp³-hybridized carbons (Fsp3) is 0.467. The Kier molecular flexibility index (Phi) is 3.97. The molecule has 3 rings (SSSR count). The van der Waals surface area contributed by atoms with Crippen molar-refractivity contribution < 1.29 is 9.63 Å². The number of nitrogens with one attached hydrogen (secondary N) is 1. The Morgan fingerprint density at radius 2 is 2.15 bits per heavy atom. The predicted octanol–water partition coefficient (Wildman–Crippen LogP) is 2.37. The van der Waals surface area contributed by atoms with Crippen molar-refractivity contribution in [1.29, 1.82) is 0 Å². The van der Waals surface area contributed by atoms with Crippen molar-refractivity contribution >= 4 is 0 Å². The van der Waals surface area contributed by atoms with Crippen molar-refractivity contribution in [1.82, 2.24) is 15.5 Å². The van der Waals surface area contributed by atoms with Gasteiger partial charge in [0.1, 0.15) is 5.75 Å². The molecule has 20 heavy (non-hydrogen) atoms. The van der Waals surface area contributed by atoms with Crippen molar-refractivity contribution in [2.45, 2.75) is 25.7 Å². The van der Waals surface area contributed by atoms with Crippen LogP contribution in [0.4, 0.5) is 0 Å². The van der Waals surface area contributed by atoms with Gasteiger partial charge in [-0.2, -0.15) is 4.98 Å². The van der Waals surface area contributed by atoms with Gasteiger partial charge in [0.15, 0.2) is 0 Å². The molecule has 1 aromatic carbocycles. The second-order valence-electron chi connectivity index (χ2n) is 5.29. The minimum absolute atomic E-state index is 0.212. The van der Waals surface area contributed by atoms with E-state index in [4.69, 9.17) is 4.52 Å². The van der Waals surface area contributed by atoms with Gasteiger partial charge in [-0.05, 0) is 50.4 Å². The van der Waals surface area contributed by atoms with Crippen molar-refractivity contribution in [2.75, 3.05) is 13.1 Å². The zero-order valence-corrected chi connectivity index (χ0v) is 11.4. The van der Waals surface area contributed by atoms with Gasteiger partial charge in [0.25, 0.3) is 0 Å². The van der Waals surface area contributed by atoms with Crippen molar-refractivity contribution in [3.8, 4) is 17.1 Å². The number of benzene rings is 1. The van der Waals surface area contributed by atoms with E-state index in [1.807, 2.05) is 6.07 Å². The summed E-state index contributed by atoms with van der Waals surface area (Å²) in [5.41, 5.74) is 0.780. The molecule has 1 aromatic heterocycles. The fourth-order valence-electron chi connectivity index (χ4n) is 2.62. The van der Waals surface area contributed by atoms with Crippen LogP contribution in [-0.4, -0.2) is 28.3 Å². The quantitative estimate of drug-likeness (QED) is 0.895. The average Bonchev–Trinajstić information content (AvgIpc) is 2.95. The lowest BCUT2D eigenvalue weighted by molar-refractivity contribution is 0.324. The van der Waals surface area contributed by atoms with E-state index < -0.39 is 0 Å². The number of nitrogens with zero attached hydrogens (tertiary/aromatic N) is 2. The first-order valence-corrected chi connectivity index (χ1v) is 7.14. The summed E-state index contributed by atoms with van der Waals surface area (Å²) < 4.78 is 5.29. The average molecular weight is 273 g/mol. The van der Waals surface area contributed by atoms with Gasteiger partial charge in [0, 0.05) is 12.0 Å². The molecular weight excluding hydrogens is 254 g/mol. The lowest BCUT2D eigenvalue weighted by Crippen LogP contribution is -2.27. The summed E-state index contributed by atoms with van der Waals surface area (Å²) >= 11 is 0. The van der Waals surface area contributed by atoms with Crippen molar-refractivity contribution in [3.05, 3.63) is 30.2 Å². The highest BCUT2D eigenvalue weighted by Gasteiger charge is 2.15. The van der Waals surface area contributed by atoms with E-state index in [9.17, 15) is 5.11 Å². The standard InChI is InChI=1S/C15H19N3O2/c19-13-3-1-2-12(10-13)15-17-14(20-18-15)5-4-11-6-8-16-9-7-11/h1-3,10-11,16,19H,4-9H2. The van der Waals surface area contributed by atoms with Crippen LogP contribution in [0.2, 0.25) is 0 Å². The number of aromatic hydroxyl groups is 1. The third-order valence-corrected chi connectivity index (χ3v) is 3.80. The van der Waals surface area contributed by atoms with Crippen molar-refractivity contribution in [2.24, 2.45) is 5.92 Å². The van der Waals surface area contributed by atoms with Crippen LogP contribution < -0.4 is 5.32 Å². The summed E-state index contributed by atoms with van der Waals surface area (Å²) in [6, 6.07) is 6.90. The maximum Gasteiger partial charge on any atom is 0.226 e. The number of aromatic nitrogens is 2. The summed E-state index contributed by atoms with van der Waals surface area (Å²) in [5, 5.41) is 16.8. The zero-order chi connectivity index (χ0) is 13.8. The number of phenolic OH excluding ortho intramolecular Hbond substituents is 1. The molecule has 0 radical (unpaired) electrons. The van der Waals surface area contributed by atoms with Gasteiger partial charge in [0.2, 0.25) is 11.7 Å². The van der Waals surface area contributed by atoms with Crippen LogP contribution in [0.15, 0.2) is 28.8 Å². The molecule has 0 bridgehead atoms. The van der Waals surface area contributed by atoms with Gasteiger partial charge < -0.3 is 14.9 Å². The molecule has 2 heterocycles. The Bertz CT molecular complexity index is 562. The van der Waals surface area contributed by atoms with Crippen LogP contribution in [0.3, 0.4) is 0 Å². The smallest absolute Gasteiger partial charge is 0.226 e. The largest absolute Gasteiger partial charge is 0.508 e. The Morgan fingerprint density at radius 3 is 2.95 bits per heavy atom. The maximum absolute atomic E-state index is 9.46. The molecule has 0 spiro atoms. The molecule has 2 N–H and O–H groups in total. The van der Waals surface area contributed by atoms with Gasteiger partial charge in [0.05, 0.1) is 0 Å².